The first kappa shape index (κ1) is 27.1. The van der Waals surface area contributed by atoms with Crippen molar-refractivity contribution in [3.8, 4) is 11.1 Å². The average Bonchev–Trinajstić information content (AvgIpc) is 3.04. The number of carbonyl (C=O) groups is 1. The van der Waals surface area contributed by atoms with E-state index in [0.717, 1.165) is 32.4 Å². The number of fused-ring (bicyclic) bond motifs is 1. The fraction of sp³-hybridized carbons (Fsp3) is 0.0556. The van der Waals surface area contributed by atoms with E-state index >= 15 is 0 Å². The van der Waals surface area contributed by atoms with E-state index in [1.54, 1.807) is 11.6 Å². The minimum absolute atomic E-state index is 0.0362. The summed E-state index contributed by atoms with van der Waals surface area (Å²) >= 11 is 4.37. The van der Waals surface area contributed by atoms with Crippen LogP contribution >= 0.6 is 20.8 Å². The van der Waals surface area contributed by atoms with E-state index in [2.05, 4.69) is 51.9 Å². The monoisotopic (exact) mass is 617 g/mol. The number of para-hydroxylation sites is 1. The third kappa shape index (κ3) is 4.58. The van der Waals surface area contributed by atoms with Crippen LogP contribution in [-0.4, -0.2) is 16.5 Å². The van der Waals surface area contributed by atoms with Crippen molar-refractivity contribution in [3.63, 3.8) is 0 Å². The molecule has 0 unspecified atom stereocenters. The quantitative estimate of drug-likeness (QED) is 0.140. The van der Waals surface area contributed by atoms with E-state index in [-0.39, 0.29) is 17.5 Å². The number of benzene rings is 5. The Labute approximate surface area is 247 Å². The summed E-state index contributed by atoms with van der Waals surface area (Å²) in [5.74, 6) is 0.0362. The predicted molar refractivity (Wildman–Crippen MR) is 178 cm³/mol. The van der Waals surface area contributed by atoms with Gasteiger partial charge in [-0.3, -0.25) is 0 Å². The van der Waals surface area contributed by atoms with Crippen molar-refractivity contribution in [2.45, 2.75) is 0 Å². The van der Waals surface area contributed by atoms with E-state index in [4.69, 9.17) is 0 Å². The van der Waals surface area contributed by atoms with Crippen LogP contribution in [0.15, 0.2) is 150 Å². The number of rotatable bonds is 7. The number of Topliss-reactive ketones (excluding diaryl/α,β-unsaturated/α-hetero) is 1. The van der Waals surface area contributed by atoms with E-state index < -0.39 is 5.31 Å². The van der Waals surface area contributed by atoms with Crippen LogP contribution in [0.25, 0.3) is 22.0 Å². The summed E-state index contributed by atoms with van der Waals surface area (Å²) in [4.78, 5) is 27.5. The number of carbonyl (C=O) groups excluding carboxylic acids is 1. The molecule has 0 fully saturated rings. The van der Waals surface area contributed by atoms with Gasteiger partial charge in [0.05, 0.1) is 0 Å². The number of ketones is 1. The van der Waals surface area contributed by atoms with Crippen LogP contribution in [0.2, 0.25) is 0 Å². The van der Waals surface area contributed by atoms with Crippen molar-refractivity contribution in [2.24, 2.45) is 7.05 Å². The third-order valence-corrected chi connectivity index (χ3v) is 17.4. The molecule has 0 radical (unpaired) electrons. The van der Waals surface area contributed by atoms with Crippen LogP contribution in [0.4, 0.5) is 0 Å². The molecular formula is C36H29BrNO2P. The standard InChI is InChI=1S/C36H29BrNO2P/c1-38-34-20-12-11-13-29(34)25-33(36(38)40)27-21-23-28(24-22-27)35(39)26-41(37,30-14-5-2-6-15-30,31-16-7-3-8-17-31)32-18-9-4-10-19-32/h2-25H,26H2,1H3. The molecule has 0 bridgehead atoms. The van der Waals surface area contributed by atoms with Crippen molar-refractivity contribution in [3.05, 3.63) is 162 Å². The molecule has 0 saturated heterocycles. The van der Waals surface area contributed by atoms with Crippen LogP contribution in [0.3, 0.4) is 0 Å². The Hall–Kier alpha value is -4.11. The summed E-state index contributed by atoms with van der Waals surface area (Å²) in [6.45, 7) is 0. The van der Waals surface area contributed by atoms with Gasteiger partial charge in [0.15, 0.2) is 0 Å². The number of aromatic nitrogens is 1. The summed E-state index contributed by atoms with van der Waals surface area (Å²) in [5.41, 5.74) is 2.84. The number of aryl methyl sites for hydroxylation is 1. The van der Waals surface area contributed by atoms with Crippen LogP contribution in [-0.2, 0) is 7.05 Å². The van der Waals surface area contributed by atoms with Gasteiger partial charge in [0, 0.05) is 0 Å². The van der Waals surface area contributed by atoms with E-state index in [1.807, 2.05) is 109 Å². The Morgan fingerprint density at radius 3 is 1.63 bits per heavy atom. The Kier molecular flexibility index (Phi) is 7.07. The first-order valence-corrected chi connectivity index (χ1v) is 18.0. The molecule has 0 aliphatic heterocycles. The summed E-state index contributed by atoms with van der Waals surface area (Å²) in [6.07, 6.45) is 0.278. The molecule has 0 aliphatic rings. The number of halogens is 1. The minimum atomic E-state index is -3.41. The first-order chi connectivity index (χ1) is 19.9. The summed E-state index contributed by atoms with van der Waals surface area (Å²) in [6, 6.07) is 48.2. The SMILES string of the molecule is Cn1c(=O)c(-c2ccc(C(=O)CP(Br)(c3ccccc3)(c3ccccc3)c3ccccc3)cc2)cc2ccccc21. The van der Waals surface area contributed by atoms with Gasteiger partial charge in [0.25, 0.3) is 0 Å². The van der Waals surface area contributed by atoms with Crippen LogP contribution in [0.1, 0.15) is 10.4 Å². The first-order valence-electron chi connectivity index (χ1n) is 13.5. The molecule has 5 aromatic carbocycles. The number of hydrogen-bond donors (Lipinski definition) is 0. The Morgan fingerprint density at radius 2 is 1.12 bits per heavy atom. The molecule has 5 heteroatoms. The molecule has 1 aromatic heterocycles. The van der Waals surface area contributed by atoms with Crippen molar-refractivity contribution in [1.29, 1.82) is 0 Å². The van der Waals surface area contributed by atoms with Gasteiger partial charge >= 0.3 is 249 Å². The molecule has 0 N–H and O–H groups in total. The zero-order valence-corrected chi connectivity index (χ0v) is 25.1. The normalized spacial score (nSPS) is 12.5. The van der Waals surface area contributed by atoms with Gasteiger partial charge in [0.1, 0.15) is 0 Å². The zero-order chi connectivity index (χ0) is 28.5. The topological polar surface area (TPSA) is 39.1 Å². The van der Waals surface area contributed by atoms with Gasteiger partial charge in [-0.25, -0.2) is 0 Å². The molecule has 0 atom stereocenters. The Balaban J connectivity index is 1.46. The van der Waals surface area contributed by atoms with Crippen molar-refractivity contribution >= 4 is 53.4 Å². The molecule has 1 heterocycles. The molecule has 0 saturated carbocycles. The van der Waals surface area contributed by atoms with Gasteiger partial charge < -0.3 is 0 Å². The maximum atomic E-state index is 14.3. The number of pyridine rings is 1. The molecule has 0 aliphatic carbocycles. The molecular weight excluding hydrogens is 589 g/mol. The molecule has 0 spiro atoms. The van der Waals surface area contributed by atoms with Crippen molar-refractivity contribution < 1.29 is 4.79 Å². The second-order valence-electron chi connectivity index (χ2n) is 10.3. The van der Waals surface area contributed by atoms with Gasteiger partial charge in [-0.05, 0) is 0 Å². The average molecular weight is 619 g/mol. The zero-order valence-electron chi connectivity index (χ0n) is 22.7. The molecule has 202 valence electrons. The van der Waals surface area contributed by atoms with Gasteiger partial charge in [0.2, 0.25) is 0 Å². The molecule has 0 amide bonds. The number of hydrogen-bond acceptors (Lipinski definition) is 2. The summed E-state index contributed by atoms with van der Waals surface area (Å²) < 4.78 is 1.68. The molecule has 6 rings (SSSR count). The fourth-order valence-electron chi connectivity index (χ4n) is 5.76. The van der Waals surface area contributed by atoms with Crippen molar-refractivity contribution in [1.82, 2.24) is 4.57 Å². The van der Waals surface area contributed by atoms with Crippen LogP contribution in [0, 0.1) is 0 Å². The maximum absolute atomic E-state index is 14.3. The predicted octanol–water partition coefficient (Wildman–Crippen LogP) is 7.23. The van der Waals surface area contributed by atoms with Gasteiger partial charge in [-0.2, -0.15) is 0 Å². The van der Waals surface area contributed by atoms with Crippen LogP contribution < -0.4 is 21.5 Å². The second-order valence-corrected chi connectivity index (χ2v) is 19.3. The molecule has 6 aromatic rings. The fourth-order valence-corrected chi connectivity index (χ4v) is 13.1. The Bertz CT molecular complexity index is 1820. The summed E-state index contributed by atoms with van der Waals surface area (Å²) in [5, 5.41) is 0.882. The van der Waals surface area contributed by atoms with E-state index in [1.165, 1.54) is 0 Å². The second kappa shape index (κ2) is 10.7. The van der Waals surface area contributed by atoms with E-state index in [9.17, 15) is 9.59 Å². The third-order valence-electron chi connectivity index (χ3n) is 7.98. The van der Waals surface area contributed by atoms with E-state index in [0.29, 0.717) is 11.1 Å². The van der Waals surface area contributed by atoms with Gasteiger partial charge in [-0.15, -0.1) is 0 Å². The van der Waals surface area contributed by atoms with Crippen molar-refractivity contribution in [2.75, 3.05) is 6.16 Å². The molecule has 3 nitrogen and oxygen atoms in total. The Morgan fingerprint density at radius 1 is 0.659 bits per heavy atom. The number of nitrogens with zero attached hydrogens (tertiary/aromatic N) is 1. The van der Waals surface area contributed by atoms with Gasteiger partial charge in [-0.1, -0.05) is 0 Å². The van der Waals surface area contributed by atoms with Crippen LogP contribution in [0.5, 0.6) is 0 Å². The molecule has 41 heavy (non-hydrogen) atoms. The summed E-state index contributed by atoms with van der Waals surface area (Å²) in [7, 11) is 1.79.